The summed E-state index contributed by atoms with van der Waals surface area (Å²) < 4.78 is 5.39. The fraction of sp³-hybridized carbons (Fsp3) is 0.417. The van der Waals surface area contributed by atoms with Crippen LogP contribution in [-0.2, 0) is 13.1 Å². The van der Waals surface area contributed by atoms with E-state index in [1.807, 2.05) is 0 Å². The zero-order chi connectivity index (χ0) is 20.2. The van der Waals surface area contributed by atoms with Crippen molar-refractivity contribution in [2.45, 2.75) is 32.5 Å². The molecule has 5 nitrogen and oxygen atoms in total. The molecule has 1 aliphatic heterocycles. The van der Waals surface area contributed by atoms with E-state index in [4.69, 9.17) is 4.74 Å². The number of benzene rings is 2. The number of methoxy groups -OCH3 is 1. The van der Waals surface area contributed by atoms with Crippen LogP contribution in [0.1, 0.15) is 23.2 Å². The van der Waals surface area contributed by atoms with Crippen LogP contribution >= 0.6 is 0 Å². The van der Waals surface area contributed by atoms with E-state index in [-0.39, 0.29) is 6.61 Å². The summed E-state index contributed by atoms with van der Waals surface area (Å²) in [4.78, 5) is 8.56. The predicted octanol–water partition coefficient (Wildman–Crippen LogP) is 3.55. The summed E-state index contributed by atoms with van der Waals surface area (Å²) in [5, 5.41) is 10.9. The number of para-hydroxylation sites is 1. The van der Waals surface area contributed by atoms with Crippen molar-refractivity contribution in [2.24, 2.45) is 0 Å². The van der Waals surface area contributed by atoms with Gasteiger partial charge in [-0.05, 0) is 48.1 Å². The summed E-state index contributed by atoms with van der Waals surface area (Å²) in [5.41, 5.74) is 4.92. The molecular formula is C24H31N3O2. The summed E-state index contributed by atoms with van der Waals surface area (Å²) in [6, 6.07) is 17.5. The molecule has 0 spiro atoms. The van der Waals surface area contributed by atoms with Crippen molar-refractivity contribution < 1.29 is 9.84 Å². The Morgan fingerprint density at radius 2 is 1.97 bits per heavy atom. The molecule has 1 saturated heterocycles. The maximum atomic E-state index is 9.62. The maximum Gasteiger partial charge on any atom is 0.121 e. The molecule has 5 heteroatoms. The third-order valence-corrected chi connectivity index (χ3v) is 5.98. The van der Waals surface area contributed by atoms with Gasteiger partial charge >= 0.3 is 0 Å². The second-order valence-electron chi connectivity index (χ2n) is 8.06. The number of aliphatic hydroxyl groups is 1. The lowest BCUT2D eigenvalue weighted by Crippen LogP contribution is -2.52. The highest BCUT2D eigenvalue weighted by Gasteiger charge is 2.27. The van der Waals surface area contributed by atoms with Crippen molar-refractivity contribution in [3.05, 3.63) is 65.4 Å². The van der Waals surface area contributed by atoms with Crippen LogP contribution in [-0.4, -0.2) is 59.3 Å². The number of aromatic nitrogens is 1. The predicted molar refractivity (Wildman–Crippen MR) is 117 cm³/mol. The molecule has 1 fully saturated rings. The molecule has 1 aromatic heterocycles. The Bertz CT molecular complexity index is 919. The van der Waals surface area contributed by atoms with Gasteiger partial charge in [-0.3, -0.25) is 9.80 Å². The molecule has 154 valence electrons. The van der Waals surface area contributed by atoms with Gasteiger partial charge in [0.15, 0.2) is 0 Å². The van der Waals surface area contributed by atoms with Crippen molar-refractivity contribution in [2.75, 3.05) is 33.4 Å². The number of ether oxygens (including phenoxy) is 1. The Labute approximate surface area is 172 Å². The smallest absolute Gasteiger partial charge is 0.121 e. The van der Waals surface area contributed by atoms with Gasteiger partial charge in [-0.25, -0.2) is 0 Å². The average molecular weight is 394 g/mol. The summed E-state index contributed by atoms with van der Waals surface area (Å²) in [5.74, 6) is 0.934. The first-order valence-corrected chi connectivity index (χ1v) is 10.4. The number of piperazine rings is 1. The lowest BCUT2D eigenvalue weighted by Gasteiger charge is -2.41. The molecule has 1 unspecified atom stereocenters. The Morgan fingerprint density at radius 3 is 2.72 bits per heavy atom. The van der Waals surface area contributed by atoms with E-state index in [0.29, 0.717) is 6.04 Å². The molecule has 0 radical (unpaired) electrons. The number of nitrogens with zero attached hydrogens (tertiary/aromatic N) is 2. The SMILES string of the molecule is COc1ccc(CN2CCN(Cc3cc4ccccc4[nH]3)CC2CCO)cc1C. The van der Waals surface area contributed by atoms with Crippen LogP contribution in [0.5, 0.6) is 5.75 Å². The van der Waals surface area contributed by atoms with E-state index in [1.165, 1.54) is 27.7 Å². The van der Waals surface area contributed by atoms with Gasteiger partial charge < -0.3 is 14.8 Å². The van der Waals surface area contributed by atoms with E-state index in [2.05, 4.69) is 70.2 Å². The normalized spacial score (nSPS) is 18.4. The Balaban J connectivity index is 1.42. The van der Waals surface area contributed by atoms with Crippen LogP contribution in [0.25, 0.3) is 10.9 Å². The third kappa shape index (κ3) is 4.64. The highest BCUT2D eigenvalue weighted by Crippen LogP contribution is 2.23. The molecular weight excluding hydrogens is 362 g/mol. The van der Waals surface area contributed by atoms with E-state index in [1.54, 1.807) is 7.11 Å². The van der Waals surface area contributed by atoms with Crippen LogP contribution in [0.15, 0.2) is 48.5 Å². The zero-order valence-electron chi connectivity index (χ0n) is 17.4. The topological polar surface area (TPSA) is 51.7 Å². The highest BCUT2D eigenvalue weighted by atomic mass is 16.5. The van der Waals surface area contributed by atoms with Gasteiger partial charge in [0.1, 0.15) is 5.75 Å². The fourth-order valence-corrected chi connectivity index (χ4v) is 4.46. The van der Waals surface area contributed by atoms with Gasteiger partial charge in [-0.1, -0.05) is 30.3 Å². The second kappa shape index (κ2) is 8.99. The first kappa shape index (κ1) is 20.0. The number of aryl methyl sites for hydroxylation is 1. The van der Waals surface area contributed by atoms with Gasteiger partial charge in [0.05, 0.1) is 7.11 Å². The number of rotatable bonds is 7. The molecule has 1 atom stereocenters. The van der Waals surface area contributed by atoms with Crippen molar-refractivity contribution >= 4 is 10.9 Å². The van der Waals surface area contributed by atoms with Crippen LogP contribution in [0.3, 0.4) is 0 Å². The van der Waals surface area contributed by atoms with E-state index >= 15 is 0 Å². The monoisotopic (exact) mass is 393 g/mol. The summed E-state index contributed by atoms with van der Waals surface area (Å²) in [7, 11) is 1.71. The minimum atomic E-state index is 0.225. The van der Waals surface area contributed by atoms with Crippen molar-refractivity contribution in [3.63, 3.8) is 0 Å². The molecule has 0 bridgehead atoms. The van der Waals surface area contributed by atoms with E-state index in [9.17, 15) is 5.11 Å². The van der Waals surface area contributed by atoms with Crippen LogP contribution < -0.4 is 4.74 Å². The molecule has 0 saturated carbocycles. The number of hydrogen-bond donors (Lipinski definition) is 2. The van der Waals surface area contributed by atoms with Crippen molar-refractivity contribution in [1.29, 1.82) is 0 Å². The molecule has 2 N–H and O–H groups in total. The number of H-pyrrole nitrogens is 1. The molecule has 1 aliphatic rings. The number of hydrogen-bond acceptors (Lipinski definition) is 4. The molecule has 3 aromatic rings. The van der Waals surface area contributed by atoms with Gasteiger partial charge in [0.25, 0.3) is 0 Å². The minimum Gasteiger partial charge on any atom is -0.496 e. The Kier molecular flexibility index (Phi) is 6.19. The lowest BCUT2D eigenvalue weighted by molar-refractivity contribution is 0.0495. The van der Waals surface area contributed by atoms with Gasteiger partial charge in [-0.2, -0.15) is 0 Å². The fourth-order valence-electron chi connectivity index (χ4n) is 4.46. The van der Waals surface area contributed by atoms with Gasteiger partial charge in [-0.15, -0.1) is 0 Å². The van der Waals surface area contributed by atoms with Crippen molar-refractivity contribution in [1.82, 2.24) is 14.8 Å². The summed E-state index contributed by atoms with van der Waals surface area (Å²) in [6.07, 6.45) is 0.804. The third-order valence-electron chi connectivity index (χ3n) is 5.98. The van der Waals surface area contributed by atoms with Crippen LogP contribution in [0.4, 0.5) is 0 Å². The highest BCUT2D eigenvalue weighted by molar-refractivity contribution is 5.80. The number of fused-ring (bicyclic) bond motifs is 1. The second-order valence-corrected chi connectivity index (χ2v) is 8.06. The lowest BCUT2D eigenvalue weighted by atomic mass is 10.1. The molecule has 4 rings (SSSR count). The number of aliphatic hydroxyl groups excluding tert-OH is 1. The molecule has 2 heterocycles. The largest absolute Gasteiger partial charge is 0.496 e. The molecule has 29 heavy (non-hydrogen) atoms. The Hall–Kier alpha value is -2.34. The molecule has 2 aromatic carbocycles. The molecule has 0 amide bonds. The van der Waals surface area contributed by atoms with E-state index in [0.717, 1.165) is 44.9 Å². The first-order chi connectivity index (χ1) is 14.2. The quantitative estimate of drug-likeness (QED) is 0.645. The van der Waals surface area contributed by atoms with Crippen molar-refractivity contribution in [3.8, 4) is 5.75 Å². The average Bonchev–Trinajstić information content (AvgIpc) is 3.12. The van der Waals surface area contributed by atoms with Gasteiger partial charge in [0.2, 0.25) is 0 Å². The molecule has 0 aliphatic carbocycles. The standard InChI is InChI=1S/C24H31N3O2/c1-18-13-19(7-8-24(18)29-2)15-27-11-10-26(17-22(27)9-12-28)16-21-14-20-5-3-4-6-23(20)25-21/h3-8,13-14,22,25,28H,9-12,15-17H2,1-2H3. The number of aromatic amines is 1. The van der Waals surface area contributed by atoms with Crippen LogP contribution in [0.2, 0.25) is 0 Å². The van der Waals surface area contributed by atoms with Crippen LogP contribution in [0, 0.1) is 6.92 Å². The Morgan fingerprint density at radius 1 is 1.10 bits per heavy atom. The maximum absolute atomic E-state index is 9.62. The zero-order valence-corrected chi connectivity index (χ0v) is 17.4. The number of nitrogens with one attached hydrogen (secondary N) is 1. The van der Waals surface area contributed by atoms with E-state index < -0.39 is 0 Å². The minimum absolute atomic E-state index is 0.225. The summed E-state index contributed by atoms with van der Waals surface area (Å²) in [6.45, 7) is 7.17. The first-order valence-electron chi connectivity index (χ1n) is 10.4. The summed E-state index contributed by atoms with van der Waals surface area (Å²) >= 11 is 0. The van der Waals surface area contributed by atoms with Gasteiger partial charge in [0, 0.05) is 56.6 Å².